The van der Waals surface area contributed by atoms with Crippen LogP contribution in [-0.4, -0.2) is 11.2 Å². The molecule has 1 fully saturated rings. The molecule has 0 aromatic heterocycles. The van der Waals surface area contributed by atoms with Crippen LogP contribution in [0, 0.1) is 5.82 Å². The van der Waals surface area contributed by atoms with Crippen molar-refractivity contribution in [1.82, 2.24) is 0 Å². The zero-order valence-corrected chi connectivity index (χ0v) is 8.34. The summed E-state index contributed by atoms with van der Waals surface area (Å²) in [7, 11) is 0. The minimum atomic E-state index is -0.479. The van der Waals surface area contributed by atoms with Crippen molar-refractivity contribution in [2.75, 3.05) is 0 Å². The molecule has 1 N–H and O–H groups in total. The van der Waals surface area contributed by atoms with E-state index in [0.717, 1.165) is 18.9 Å². The maximum atomic E-state index is 12.7. The number of hydrogen-bond acceptors (Lipinski definition) is 2. The van der Waals surface area contributed by atoms with Gasteiger partial charge in [0.25, 0.3) is 0 Å². The van der Waals surface area contributed by atoms with Crippen LogP contribution in [0.5, 0.6) is 11.5 Å². The Morgan fingerprint density at radius 1 is 1.46 bits per heavy atom. The molecule has 0 atom stereocenters. The van der Waals surface area contributed by atoms with Crippen molar-refractivity contribution in [3.63, 3.8) is 0 Å². The van der Waals surface area contributed by atoms with E-state index in [1.165, 1.54) is 6.07 Å². The van der Waals surface area contributed by atoms with Gasteiger partial charge in [0.1, 0.15) is 5.82 Å². The fourth-order valence-corrected chi connectivity index (χ4v) is 1.53. The quantitative estimate of drug-likeness (QED) is 0.870. The van der Waals surface area contributed by atoms with Crippen LogP contribution < -0.4 is 4.74 Å². The lowest BCUT2D eigenvalue weighted by Gasteiger charge is -2.08. The van der Waals surface area contributed by atoms with Crippen molar-refractivity contribution in [3.05, 3.63) is 22.4 Å². The van der Waals surface area contributed by atoms with Gasteiger partial charge in [0.2, 0.25) is 0 Å². The number of phenolic OH excluding ortho intramolecular Hbond substituents is 1. The highest BCUT2D eigenvalue weighted by Gasteiger charge is 2.26. The van der Waals surface area contributed by atoms with E-state index >= 15 is 0 Å². The minimum absolute atomic E-state index is 0.154. The van der Waals surface area contributed by atoms with Crippen LogP contribution in [0.25, 0.3) is 0 Å². The van der Waals surface area contributed by atoms with Crippen molar-refractivity contribution in [2.24, 2.45) is 0 Å². The molecule has 1 aromatic rings. The van der Waals surface area contributed by atoms with E-state index in [1.807, 2.05) is 0 Å². The van der Waals surface area contributed by atoms with Gasteiger partial charge in [0, 0.05) is 6.07 Å². The number of ether oxygens (including phenoxy) is 1. The maximum Gasteiger partial charge on any atom is 0.175 e. The molecule has 0 amide bonds. The lowest BCUT2D eigenvalue weighted by atomic mass is 10.3. The van der Waals surface area contributed by atoms with Crippen molar-refractivity contribution in [1.29, 1.82) is 0 Å². The largest absolute Gasteiger partial charge is 0.504 e. The summed E-state index contributed by atoms with van der Waals surface area (Å²) in [4.78, 5) is 0. The van der Waals surface area contributed by atoms with E-state index in [1.54, 1.807) is 0 Å². The van der Waals surface area contributed by atoms with Gasteiger partial charge >= 0.3 is 0 Å². The molecule has 1 saturated carbocycles. The fraction of sp³-hybridized carbons (Fsp3) is 0.333. The number of benzene rings is 1. The zero-order valence-electron chi connectivity index (χ0n) is 6.76. The Balaban J connectivity index is 2.31. The lowest BCUT2D eigenvalue weighted by molar-refractivity contribution is 0.283. The SMILES string of the molecule is Oc1cc(F)cc(Br)c1OC1CC1. The highest BCUT2D eigenvalue weighted by molar-refractivity contribution is 9.10. The molecule has 13 heavy (non-hydrogen) atoms. The first-order valence-corrected chi connectivity index (χ1v) is 4.81. The van der Waals surface area contributed by atoms with E-state index in [0.29, 0.717) is 10.2 Å². The summed E-state index contributed by atoms with van der Waals surface area (Å²) in [6, 6.07) is 2.32. The summed E-state index contributed by atoms with van der Waals surface area (Å²) >= 11 is 3.13. The van der Waals surface area contributed by atoms with Gasteiger partial charge < -0.3 is 9.84 Å². The summed E-state index contributed by atoms with van der Waals surface area (Å²) in [6.45, 7) is 0. The molecule has 0 heterocycles. The summed E-state index contributed by atoms with van der Waals surface area (Å²) in [5.41, 5.74) is 0. The smallest absolute Gasteiger partial charge is 0.175 e. The molecule has 0 spiro atoms. The van der Waals surface area contributed by atoms with Gasteiger partial charge in [-0.3, -0.25) is 0 Å². The molecule has 0 radical (unpaired) electrons. The normalized spacial score (nSPS) is 15.8. The Morgan fingerprint density at radius 3 is 2.69 bits per heavy atom. The van der Waals surface area contributed by atoms with Crippen molar-refractivity contribution < 1.29 is 14.2 Å². The Kier molecular flexibility index (Phi) is 2.15. The average Bonchev–Trinajstić information content (AvgIpc) is 2.79. The molecular formula is C9H8BrFO2. The van der Waals surface area contributed by atoms with Crippen LogP contribution in [-0.2, 0) is 0 Å². The van der Waals surface area contributed by atoms with E-state index in [4.69, 9.17) is 4.74 Å². The number of halogens is 2. The number of aromatic hydroxyl groups is 1. The van der Waals surface area contributed by atoms with Gasteiger partial charge in [-0.1, -0.05) is 0 Å². The summed E-state index contributed by atoms with van der Waals surface area (Å²) in [5, 5.41) is 9.35. The van der Waals surface area contributed by atoms with Crippen LogP contribution in [0.15, 0.2) is 16.6 Å². The molecule has 1 aliphatic rings. The molecule has 0 saturated heterocycles. The highest BCUT2D eigenvalue weighted by atomic mass is 79.9. The summed E-state index contributed by atoms with van der Waals surface area (Å²) < 4.78 is 18.5. The van der Waals surface area contributed by atoms with Gasteiger partial charge in [-0.05, 0) is 34.8 Å². The predicted octanol–water partition coefficient (Wildman–Crippen LogP) is 2.84. The summed E-state index contributed by atoms with van der Waals surface area (Å²) in [5.74, 6) is -0.296. The molecular weight excluding hydrogens is 239 g/mol. The minimum Gasteiger partial charge on any atom is -0.504 e. The monoisotopic (exact) mass is 246 g/mol. The molecule has 0 aliphatic heterocycles. The molecule has 0 bridgehead atoms. The van der Waals surface area contributed by atoms with Crippen LogP contribution in [0.3, 0.4) is 0 Å². The Hall–Kier alpha value is -0.770. The Labute approximate surface area is 83.5 Å². The fourth-order valence-electron chi connectivity index (χ4n) is 1.02. The van der Waals surface area contributed by atoms with Crippen molar-refractivity contribution >= 4 is 15.9 Å². The molecule has 1 aromatic carbocycles. The molecule has 1 aliphatic carbocycles. The van der Waals surface area contributed by atoms with Crippen LogP contribution in [0.2, 0.25) is 0 Å². The average molecular weight is 247 g/mol. The van der Waals surface area contributed by atoms with E-state index in [-0.39, 0.29) is 11.9 Å². The number of hydrogen-bond donors (Lipinski definition) is 1. The third kappa shape index (κ3) is 1.94. The maximum absolute atomic E-state index is 12.7. The third-order valence-electron chi connectivity index (χ3n) is 1.80. The van der Waals surface area contributed by atoms with Gasteiger partial charge in [-0.2, -0.15) is 0 Å². The first-order valence-electron chi connectivity index (χ1n) is 4.01. The predicted molar refractivity (Wildman–Crippen MR) is 49.4 cm³/mol. The van der Waals surface area contributed by atoms with Gasteiger partial charge in [0.15, 0.2) is 11.5 Å². The van der Waals surface area contributed by atoms with Gasteiger partial charge in [0.05, 0.1) is 10.6 Å². The van der Waals surface area contributed by atoms with Crippen molar-refractivity contribution in [2.45, 2.75) is 18.9 Å². The second-order valence-electron chi connectivity index (χ2n) is 3.05. The number of phenols is 1. The van der Waals surface area contributed by atoms with E-state index in [2.05, 4.69) is 15.9 Å². The van der Waals surface area contributed by atoms with Crippen LogP contribution >= 0.6 is 15.9 Å². The summed E-state index contributed by atoms with van der Waals surface area (Å²) in [6.07, 6.45) is 2.19. The second kappa shape index (κ2) is 3.18. The van der Waals surface area contributed by atoms with Gasteiger partial charge in [-0.15, -0.1) is 0 Å². The molecule has 0 unspecified atom stereocenters. The third-order valence-corrected chi connectivity index (χ3v) is 2.39. The molecule has 2 rings (SSSR count). The van der Waals surface area contributed by atoms with Crippen molar-refractivity contribution in [3.8, 4) is 11.5 Å². The zero-order chi connectivity index (χ0) is 9.42. The Bertz CT molecular complexity index is 313. The second-order valence-corrected chi connectivity index (χ2v) is 3.91. The Morgan fingerprint density at radius 2 is 2.15 bits per heavy atom. The number of rotatable bonds is 2. The molecule has 2 nitrogen and oxygen atoms in total. The first-order chi connectivity index (χ1) is 6.16. The molecule has 4 heteroatoms. The van der Waals surface area contributed by atoms with Crippen LogP contribution in [0.1, 0.15) is 12.8 Å². The first kappa shape index (κ1) is 8.81. The standard InChI is InChI=1S/C9H8BrFO2/c10-7-3-5(11)4-8(12)9(7)13-6-1-2-6/h3-4,6,12H,1-2H2. The molecule has 70 valence electrons. The van der Waals surface area contributed by atoms with Gasteiger partial charge in [-0.25, -0.2) is 4.39 Å². The lowest BCUT2D eigenvalue weighted by Crippen LogP contribution is -1.97. The van der Waals surface area contributed by atoms with Crippen LogP contribution in [0.4, 0.5) is 4.39 Å². The van der Waals surface area contributed by atoms with E-state index < -0.39 is 5.82 Å². The highest BCUT2D eigenvalue weighted by Crippen LogP contribution is 2.39. The topological polar surface area (TPSA) is 29.5 Å². The van der Waals surface area contributed by atoms with E-state index in [9.17, 15) is 9.50 Å².